The third-order valence-corrected chi connectivity index (χ3v) is 2.51. The summed E-state index contributed by atoms with van der Waals surface area (Å²) in [6.07, 6.45) is 1.14. The Bertz CT molecular complexity index is 222. The van der Waals surface area contributed by atoms with Crippen LogP contribution in [0.4, 0.5) is 5.69 Å². The molecule has 0 saturated carbocycles. The van der Waals surface area contributed by atoms with Gasteiger partial charge < -0.3 is 5.32 Å². The van der Waals surface area contributed by atoms with Crippen LogP contribution in [-0.2, 0) is 0 Å². The van der Waals surface area contributed by atoms with Gasteiger partial charge in [-0.05, 0) is 52.3 Å². The number of benzene rings is 1. The second-order valence-corrected chi connectivity index (χ2v) is 3.62. The molecule has 1 rings (SSSR count). The van der Waals surface area contributed by atoms with Gasteiger partial charge in [-0.3, -0.25) is 0 Å². The maximum Gasteiger partial charge on any atom is 0.0340 e. The van der Waals surface area contributed by atoms with Crippen LogP contribution in [0.1, 0.15) is 13.3 Å². The standard InChI is InChI=1S/C9H12ClNS/c1-2-7-11-8-3-5-9(12-10)6-4-8/h3-6,11H,2,7H2,1H3. The summed E-state index contributed by atoms with van der Waals surface area (Å²) in [5.74, 6) is 0. The fourth-order valence-electron chi connectivity index (χ4n) is 0.894. The highest BCUT2D eigenvalue weighted by atomic mass is 35.7. The van der Waals surface area contributed by atoms with Crippen LogP contribution in [0.5, 0.6) is 0 Å². The Morgan fingerprint density at radius 3 is 2.50 bits per heavy atom. The molecule has 0 aliphatic heterocycles. The van der Waals surface area contributed by atoms with Crippen LogP contribution < -0.4 is 5.32 Å². The lowest BCUT2D eigenvalue weighted by Crippen LogP contribution is -1.98. The number of halogens is 1. The molecule has 0 unspecified atom stereocenters. The first kappa shape index (κ1) is 9.75. The molecule has 1 aromatic carbocycles. The van der Waals surface area contributed by atoms with Crippen LogP contribution in [0, 0.1) is 0 Å². The highest BCUT2D eigenvalue weighted by Crippen LogP contribution is 2.23. The quantitative estimate of drug-likeness (QED) is 0.797. The van der Waals surface area contributed by atoms with Crippen LogP contribution in [0.3, 0.4) is 0 Å². The molecule has 0 radical (unpaired) electrons. The first-order chi connectivity index (χ1) is 5.86. The van der Waals surface area contributed by atoms with Crippen LogP contribution in [0.15, 0.2) is 29.2 Å². The summed E-state index contributed by atoms with van der Waals surface area (Å²) in [6.45, 7) is 3.17. The molecule has 0 heterocycles. The zero-order valence-corrected chi connectivity index (χ0v) is 8.58. The Morgan fingerprint density at radius 1 is 1.33 bits per heavy atom. The molecule has 0 amide bonds. The van der Waals surface area contributed by atoms with E-state index in [4.69, 9.17) is 10.7 Å². The van der Waals surface area contributed by atoms with Gasteiger partial charge in [-0.15, -0.1) is 0 Å². The summed E-state index contributed by atoms with van der Waals surface area (Å²) >= 11 is 0. The molecular formula is C9H12ClNS. The summed E-state index contributed by atoms with van der Waals surface area (Å²) in [6, 6.07) is 8.10. The molecule has 0 aromatic heterocycles. The lowest BCUT2D eigenvalue weighted by molar-refractivity contribution is 0.979. The van der Waals surface area contributed by atoms with Crippen molar-refractivity contribution in [1.82, 2.24) is 0 Å². The predicted octanol–water partition coefficient (Wildman–Crippen LogP) is 3.75. The van der Waals surface area contributed by atoms with E-state index in [1.807, 2.05) is 24.3 Å². The maximum absolute atomic E-state index is 5.58. The third kappa shape index (κ3) is 2.95. The Hall–Kier alpha value is -0.340. The van der Waals surface area contributed by atoms with Crippen molar-refractivity contribution in [3.05, 3.63) is 24.3 Å². The minimum atomic E-state index is 1.02. The number of nitrogens with one attached hydrogen (secondary N) is 1. The van der Waals surface area contributed by atoms with Gasteiger partial charge in [0.2, 0.25) is 0 Å². The summed E-state index contributed by atoms with van der Waals surface area (Å²) in [5, 5.41) is 3.29. The monoisotopic (exact) mass is 201 g/mol. The van der Waals surface area contributed by atoms with Crippen molar-refractivity contribution in [3.63, 3.8) is 0 Å². The van der Waals surface area contributed by atoms with Gasteiger partial charge in [0.05, 0.1) is 0 Å². The Balaban J connectivity index is 2.53. The molecule has 0 aliphatic rings. The second-order valence-electron chi connectivity index (χ2n) is 2.53. The SMILES string of the molecule is CCCNc1ccc(SCl)cc1. The highest BCUT2D eigenvalue weighted by Gasteiger charge is 1.91. The van der Waals surface area contributed by atoms with E-state index in [2.05, 4.69) is 12.2 Å². The molecule has 1 N–H and O–H groups in total. The fraction of sp³-hybridized carbons (Fsp3) is 0.333. The maximum atomic E-state index is 5.58. The van der Waals surface area contributed by atoms with E-state index >= 15 is 0 Å². The third-order valence-electron chi connectivity index (χ3n) is 1.52. The summed E-state index contributed by atoms with van der Waals surface area (Å²) in [5.41, 5.74) is 1.16. The lowest BCUT2D eigenvalue weighted by Gasteiger charge is -2.03. The van der Waals surface area contributed by atoms with Crippen molar-refractivity contribution in [2.45, 2.75) is 18.2 Å². The molecule has 3 heteroatoms. The molecule has 0 bridgehead atoms. The molecule has 0 fully saturated rings. The zero-order valence-electron chi connectivity index (χ0n) is 7.01. The average molecular weight is 202 g/mol. The Morgan fingerprint density at radius 2 is 2.00 bits per heavy atom. The van der Waals surface area contributed by atoms with Crippen molar-refractivity contribution in [1.29, 1.82) is 0 Å². The van der Waals surface area contributed by atoms with Gasteiger partial charge >= 0.3 is 0 Å². The van der Waals surface area contributed by atoms with Crippen LogP contribution in [0.25, 0.3) is 0 Å². The molecule has 1 aromatic rings. The van der Waals surface area contributed by atoms with Crippen molar-refractivity contribution in [2.24, 2.45) is 0 Å². The molecule has 0 aliphatic carbocycles. The summed E-state index contributed by atoms with van der Waals surface area (Å²) in [4.78, 5) is 1.08. The summed E-state index contributed by atoms with van der Waals surface area (Å²) < 4.78 is 0. The molecule has 0 spiro atoms. The predicted molar refractivity (Wildman–Crippen MR) is 56.9 cm³/mol. The molecule has 0 saturated heterocycles. The van der Waals surface area contributed by atoms with Crippen molar-refractivity contribution in [3.8, 4) is 0 Å². The van der Waals surface area contributed by atoms with Crippen LogP contribution in [-0.4, -0.2) is 6.54 Å². The minimum absolute atomic E-state index is 1.02. The second kappa shape index (κ2) is 5.33. The van der Waals surface area contributed by atoms with Gasteiger partial charge in [0.1, 0.15) is 0 Å². The molecular weight excluding hydrogens is 190 g/mol. The number of hydrogen-bond donors (Lipinski definition) is 1. The van der Waals surface area contributed by atoms with E-state index in [1.54, 1.807) is 0 Å². The zero-order chi connectivity index (χ0) is 8.81. The fourth-order valence-corrected chi connectivity index (χ4v) is 1.44. The lowest BCUT2D eigenvalue weighted by atomic mass is 10.3. The van der Waals surface area contributed by atoms with Crippen molar-refractivity contribution < 1.29 is 0 Å². The number of anilines is 1. The van der Waals surface area contributed by atoms with Gasteiger partial charge in [-0.1, -0.05) is 6.92 Å². The number of rotatable bonds is 4. The average Bonchev–Trinajstić information content (AvgIpc) is 2.15. The van der Waals surface area contributed by atoms with Gasteiger partial charge in [-0.25, -0.2) is 0 Å². The van der Waals surface area contributed by atoms with E-state index in [-0.39, 0.29) is 0 Å². The van der Waals surface area contributed by atoms with Gasteiger partial charge in [-0.2, -0.15) is 0 Å². The molecule has 1 nitrogen and oxygen atoms in total. The molecule has 0 atom stereocenters. The molecule has 12 heavy (non-hydrogen) atoms. The van der Waals surface area contributed by atoms with E-state index in [9.17, 15) is 0 Å². The smallest absolute Gasteiger partial charge is 0.0340 e. The minimum Gasteiger partial charge on any atom is -0.385 e. The van der Waals surface area contributed by atoms with Gasteiger partial charge in [0.15, 0.2) is 0 Å². The topological polar surface area (TPSA) is 12.0 Å². The van der Waals surface area contributed by atoms with Crippen LogP contribution >= 0.6 is 21.7 Å². The first-order valence-electron chi connectivity index (χ1n) is 3.99. The van der Waals surface area contributed by atoms with Gasteiger partial charge in [0, 0.05) is 17.1 Å². The van der Waals surface area contributed by atoms with E-state index in [0.717, 1.165) is 23.5 Å². The van der Waals surface area contributed by atoms with E-state index in [0.29, 0.717) is 0 Å². The van der Waals surface area contributed by atoms with Gasteiger partial charge in [0.25, 0.3) is 0 Å². The Labute approximate surface area is 82.0 Å². The normalized spacial score (nSPS) is 9.83. The van der Waals surface area contributed by atoms with Crippen LogP contribution in [0.2, 0.25) is 0 Å². The largest absolute Gasteiger partial charge is 0.385 e. The number of hydrogen-bond acceptors (Lipinski definition) is 2. The summed E-state index contributed by atoms with van der Waals surface area (Å²) in [7, 11) is 6.83. The Kier molecular flexibility index (Phi) is 4.33. The first-order valence-corrected chi connectivity index (χ1v) is 5.63. The van der Waals surface area contributed by atoms with E-state index in [1.165, 1.54) is 11.0 Å². The van der Waals surface area contributed by atoms with Crippen molar-refractivity contribution in [2.75, 3.05) is 11.9 Å². The highest BCUT2D eigenvalue weighted by molar-refractivity contribution is 8.21. The molecule has 66 valence electrons. The van der Waals surface area contributed by atoms with Crippen molar-refractivity contribution >= 4 is 27.3 Å². The van der Waals surface area contributed by atoms with E-state index < -0.39 is 0 Å².